The maximum Gasteiger partial charge on any atom is 0.279 e. The van der Waals surface area contributed by atoms with E-state index in [1.54, 1.807) is 0 Å². The lowest BCUT2D eigenvalue weighted by molar-refractivity contribution is 0.100. The first-order chi connectivity index (χ1) is 13.1. The Hall–Kier alpha value is -2.47. The first kappa shape index (κ1) is 20.3. The van der Waals surface area contributed by atoms with Gasteiger partial charge in [-0.25, -0.2) is 4.98 Å². The monoisotopic (exact) mass is 440 g/mol. The Kier molecular flexibility index (Phi) is 5.44. The zero-order valence-electron chi connectivity index (χ0n) is 17.1. The zero-order chi connectivity index (χ0) is 20.6. The molecule has 1 aromatic heterocycles. The van der Waals surface area contributed by atoms with Crippen LogP contribution in [0.2, 0.25) is 0 Å². The van der Waals surface area contributed by atoms with Gasteiger partial charge >= 0.3 is 0 Å². The number of benzene rings is 2. The highest BCUT2D eigenvalue weighted by Gasteiger charge is 2.25. The second-order valence-corrected chi connectivity index (χ2v) is 8.89. The largest absolute Gasteiger partial charge is 0.366 e. The maximum atomic E-state index is 12.9. The van der Waals surface area contributed by atoms with Crippen molar-refractivity contribution in [2.24, 2.45) is 4.99 Å². The Labute approximate surface area is 174 Å². The molecule has 146 valence electrons. The molecule has 0 unspecified atom stereocenters. The quantitative estimate of drug-likeness (QED) is 0.399. The fraction of sp³-hybridized carbons (Fsp3) is 0.318. The molecule has 0 fully saturated rings. The molecule has 0 saturated carbocycles. The fourth-order valence-corrected chi connectivity index (χ4v) is 3.43. The molecule has 5 nitrogen and oxygen atoms in total. The van der Waals surface area contributed by atoms with Crippen LogP contribution < -0.4 is 0 Å². The molecule has 3 aromatic rings. The first-order valence-electron chi connectivity index (χ1n) is 9.14. The van der Waals surface area contributed by atoms with Crippen molar-refractivity contribution in [1.29, 1.82) is 0 Å². The molecular formula is C22H25BrN4O. The lowest BCUT2D eigenvalue weighted by atomic mass is 10.0. The Morgan fingerprint density at radius 3 is 2.46 bits per heavy atom. The number of hydrogen-bond acceptors (Lipinski definition) is 2. The van der Waals surface area contributed by atoms with Crippen LogP contribution in [0.1, 0.15) is 38.1 Å². The summed E-state index contributed by atoms with van der Waals surface area (Å²) in [4.78, 5) is 23.9. The summed E-state index contributed by atoms with van der Waals surface area (Å²) in [5.74, 6) is 1.16. The summed E-state index contributed by atoms with van der Waals surface area (Å²) < 4.78 is 3.16. The molecule has 0 aliphatic heterocycles. The van der Waals surface area contributed by atoms with Gasteiger partial charge in [0.05, 0.1) is 16.6 Å². The molecule has 3 rings (SSSR count). The lowest BCUT2D eigenvalue weighted by Gasteiger charge is -2.25. The Balaban J connectivity index is 2.27. The Morgan fingerprint density at radius 2 is 1.82 bits per heavy atom. The van der Waals surface area contributed by atoms with Gasteiger partial charge in [0.1, 0.15) is 11.7 Å². The van der Waals surface area contributed by atoms with Crippen LogP contribution in [0.4, 0.5) is 0 Å². The predicted octanol–water partition coefficient (Wildman–Crippen LogP) is 5.34. The average molecular weight is 441 g/mol. The fourth-order valence-electron chi connectivity index (χ4n) is 3.08. The number of aromatic nitrogens is 2. The van der Waals surface area contributed by atoms with E-state index in [-0.39, 0.29) is 11.4 Å². The molecule has 2 aromatic carbocycles. The van der Waals surface area contributed by atoms with E-state index < -0.39 is 0 Å². The van der Waals surface area contributed by atoms with Gasteiger partial charge in [-0.2, -0.15) is 4.99 Å². The van der Waals surface area contributed by atoms with Gasteiger partial charge in [-0.1, -0.05) is 34.1 Å². The van der Waals surface area contributed by atoms with Crippen molar-refractivity contribution in [2.45, 2.75) is 33.2 Å². The summed E-state index contributed by atoms with van der Waals surface area (Å²) in [7, 11) is 3.74. The van der Waals surface area contributed by atoms with Gasteiger partial charge in [0.25, 0.3) is 5.91 Å². The van der Waals surface area contributed by atoms with E-state index in [9.17, 15) is 4.79 Å². The van der Waals surface area contributed by atoms with Crippen molar-refractivity contribution in [3.8, 4) is 11.4 Å². The number of halogens is 1. The highest BCUT2D eigenvalue weighted by Crippen LogP contribution is 2.34. The van der Waals surface area contributed by atoms with E-state index in [4.69, 9.17) is 4.98 Å². The predicted molar refractivity (Wildman–Crippen MR) is 119 cm³/mol. The molecule has 0 aliphatic carbocycles. The average Bonchev–Trinajstić information content (AvgIpc) is 3.00. The van der Waals surface area contributed by atoms with Gasteiger partial charge in [0.15, 0.2) is 0 Å². The number of amidine groups is 1. The van der Waals surface area contributed by atoms with E-state index in [1.807, 2.05) is 62.3 Å². The van der Waals surface area contributed by atoms with Gasteiger partial charge in [-0.05, 0) is 52.0 Å². The van der Waals surface area contributed by atoms with Crippen LogP contribution in [0.15, 0.2) is 51.9 Å². The summed E-state index contributed by atoms with van der Waals surface area (Å²) in [6.07, 6.45) is 0. The number of fused-ring (bicyclic) bond motifs is 1. The van der Waals surface area contributed by atoms with Crippen molar-refractivity contribution in [2.75, 3.05) is 14.1 Å². The third kappa shape index (κ3) is 3.87. The van der Waals surface area contributed by atoms with Gasteiger partial charge in [0, 0.05) is 29.7 Å². The smallest absolute Gasteiger partial charge is 0.279 e. The number of hydrogen-bond donors (Lipinski definition) is 0. The van der Waals surface area contributed by atoms with E-state index in [2.05, 4.69) is 52.3 Å². The maximum absolute atomic E-state index is 12.9. The number of amides is 1. The summed E-state index contributed by atoms with van der Waals surface area (Å²) >= 11 is 3.53. The van der Waals surface area contributed by atoms with Crippen LogP contribution in [-0.4, -0.2) is 40.3 Å². The second kappa shape index (κ2) is 7.51. The summed E-state index contributed by atoms with van der Waals surface area (Å²) in [5, 5.41) is 0. The number of carbonyl (C=O) groups is 1. The molecule has 0 atom stereocenters. The molecule has 0 bridgehead atoms. The first-order valence-corrected chi connectivity index (χ1v) is 9.93. The summed E-state index contributed by atoms with van der Waals surface area (Å²) in [6, 6.07) is 13.6. The molecular weight excluding hydrogens is 416 g/mol. The van der Waals surface area contributed by atoms with Crippen LogP contribution in [-0.2, 0) is 5.54 Å². The van der Waals surface area contributed by atoms with Crippen molar-refractivity contribution in [3.05, 3.63) is 52.5 Å². The van der Waals surface area contributed by atoms with E-state index in [1.165, 1.54) is 0 Å². The van der Waals surface area contributed by atoms with Crippen LogP contribution in [0, 0.1) is 0 Å². The standard InChI is InChI=1S/C22H25BrN4O/c1-14(26(5)6)24-21(28)17-10-8-7-9-16(17)20-25-18-13-15(23)11-12-19(18)27(20)22(2,3)4/h7-13H,1-6H3/b24-14+. The van der Waals surface area contributed by atoms with E-state index in [0.29, 0.717) is 11.4 Å². The lowest BCUT2D eigenvalue weighted by Crippen LogP contribution is -2.23. The molecule has 0 N–H and O–H groups in total. The van der Waals surface area contributed by atoms with Gasteiger partial charge < -0.3 is 9.47 Å². The number of rotatable bonds is 2. The molecule has 0 radical (unpaired) electrons. The van der Waals surface area contributed by atoms with Crippen molar-refractivity contribution in [1.82, 2.24) is 14.5 Å². The highest BCUT2D eigenvalue weighted by molar-refractivity contribution is 9.10. The Bertz CT molecular complexity index is 1070. The highest BCUT2D eigenvalue weighted by atomic mass is 79.9. The molecule has 6 heteroatoms. The number of carbonyl (C=O) groups excluding carboxylic acids is 1. The van der Waals surface area contributed by atoms with E-state index in [0.717, 1.165) is 26.9 Å². The SMILES string of the molecule is C/C(=N\C(=O)c1ccccc1-c1nc2cc(Br)ccc2n1C(C)(C)C)N(C)C. The molecule has 0 aliphatic rings. The number of imidazole rings is 1. The third-order valence-corrected chi connectivity index (χ3v) is 5.09. The van der Waals surface area contributed by atoms with Crippen molar-refractivity contribution in [3.63, 3.8) is 0 Å². The van der Waals surface area contributed by atoms with Crippen molar-refractivity contribution >= 4 is 38.7 Å². The van der Waals surface area contributed by atoms with Crippen LogP contribution >= 0.6 is 15.9 Å². The minimum atomic E-state index is -0.268. The molecule has 1 amide bonds. The van der Waals surface area contributed by atoms with Crippen LogP contribution in [0.3, 0.4) is 0 Å². The molecule has 0 saturated heterocycles. The topological polar surface area (TPSA) is 50.5 Å². The summed E-state index contributed by atoms with van der Waals surface area (Å²) in [5.41, 5.74) is 3.03. The zero-order valence-corrected chi connectivity index (χ0v) is 18.7. The number of aliphatic imine (C=N–C) groups is 1. The third-order valence-electron chi connectivity index (χ3n) is 4.60. The van der Waals surface area contributed by atoms with Gasteiger partial charge in [-0.3, -0.25) is 4.79 Å². The van der Waals surface area contributed by atoms with Crippen molar-refractivity contribution < 1.29 is 4.79 Å². The normalized spacial score (nSPS) is 12.5. The van der Waals surface area contributed by atoms with Gasteiger partial charge in [-0.15, -0.1) is 0 Å². The molecule has 0 spiro atoms. The minimum Gasteiger partial charge on any atom is -0.366 e. The van der Waals surface area contributed by atoms with E-state index >= 15 is 0 Å². The Morgan fingerprint density at radius 1 is 1.14 bits per heavy atom. The number of nitrogens with zero attached hydrogens (tertiary/aromatic N) is 4. The minimum absolute atomic E-state index is 0.211. The molecule has 1 heterocycles. The van der Waals surface area contributed by atoms with Crippen LogP contribution in [0.25, 0.3) is 22.4 Å². The molecule has 28 heavy (non-hydrogen) atoms. The van der Waals surface area contributed by atoms with Gasteiger partial charge in [0.2, 0.25) is 0 Å². The van der Waals surface area contributed by atoms with Crippen LogP contribution in [0.5, 0.6) is 0 Å². The second-order valence-electron chi connectivity index (χ2n) is 7.98. The summed E-state index contributed by atoms with van der Waals surface area (Å²) in [6.45, 7) is 8.23.